The summed E-state index contributed by atoms with van der Waals surface area (Å²) >= 11 is 0. The first-order valence-corrected chi connectivity index (χ1v) is 16.2. The minimum atomic E-state index is -1.84. The molecule has 0 amide bonds. The molecule has 7 unspecified atom stereocenters. The van der Waals surface area contributed by atoms with Gasteiger partial charge in [0.1, 0.15) is 23.7 Å². The Morgan fingerprint density at radius 1 is 0.688 bits per heavy atom. The van der Waals surface area contributed by atoms with Crippen LogP contribution >= 0.6 is 0 Å². The van der Waals surface area contributed by atoms with E-state index in [1.54, 1.807) is 41.5 Å². The van der Waals surface area contributed by atoms with Gasteiger partial charge in [0, 0.05) is 12.5 Å². The largest absolute Gasteiger partial charge is 0.481 e. The number of hydrogen-bond acceptors (Lipinski definition) is 13. The van der Waals surface area contributed by atoms with Crippen molar-refractivity contribution in [2.45, 2.75) is 122 Å². The van der Waals surface area contributed by atoms with E-state index in [-0.39, 0.29) is 72.1 Å². The van der Waals surface area contributed by atoms with Crippen molar-refractivity contribution < 1.29 is 73.1 Å². The van der Waals surface area contributed by atoms with E-state index in [2.05, 4.69) is 6.58 Å². The van der Waals surface area contributed by atoms with Gasteiger partial charge in [-0.25, -0.2) is 4.79 Å². The van der Waals surface area contributed by atoms with Gasteiger partial charge in [0.2, 0.25) is 0 Å². The Morgan fingerprint density at radius 3 is 1.50 bits per heavy atom. The van der Waals surface area contributed by atoms with Crippen LogP contribution in [0.1, 0.15) is 74.7 Å². The van der Waals surface area contributed by atoms with Crippen LogP contribution < -0.4 is 0 Å². The van der Waals surface area contributed by atoms with Crippen LogP contribution in [-0.2, 0) is 47.5 Å². The Bertz CT molecular complexity index is 949. The molecule has 0 aliphatic carbocycles. The lowest BCUT2D eigenvalue weighted by Crippen LogP contribution is -2.64. The van der Waals surface area contributed by atoms with E-state index in [4.69, 9.17) is 33.2 Å². The van der Waals surface area contributed by atoms with Crippen LogP contribution in [0.2, 0.25) is 0 Å². The number of ether oxygens (including phenoxy) is 7. The summed E-state index contributed by atoms with van der Waals surface area (Å²) in [6, 6.07) is 0. The third-order valence-electron chi connectivity index (χ3n) is 7.57. The summed E-state index contributed by atoms with van der Waals surface area (Å²) in [7, 11) is 0. The molecule has 15 heteroatoms. The van der Waals surface area contributed by atoms with E-state index >= 15 is 0 Å². The summed E-state index contributed by atoms with van der Waals surface area (Å²) in [5.74, 6) is -2.99. The van der Waals surface area contributed by atoms with Crippen LogP contribution in [0.25, 0.3) is 0 Å². The van der Waals surface area contributed by atoms with Gasteiger partial charge in [0.05, 0.1) is 82.4 Å². The molecule has 7 atom stereocenters. The van der Waals surface area contributed by atoms with Crippen molar-refractivity contribution in [2.75, 3.05) is 52.9 Å². The lowest BCUT2D eigenvalue weighted by Gasteiger charge is -2.52. The van der Waals surface area contributed by atoms with Crippen LogP contribution in [0.5, 0.6) is 0 Å². The summed E-state index contributed by atoms with van der Waals surface area (Å²) in [5.41, 5.74) is -4.86. The number of carbonyl (C=O) groups excluding carboxylic acids is 1. The summed E-state index contributed by atoms with van der Waals surface area (Å²) in [5, 5.41) is 49.4. The van der Waals surface area contributed by atoms with Crippen LogP contribution in [-0.4, -0.2) is 144 Å². The Hall–Kier alpha value is -2.21. The number of carbonyl (C=O) groups is 3. The highest BCUT2D eigenvalue weighted by Crippen LogP contribution is 2.50. The second kappa shape index (κ2) is 22.5. The highest BCUT2D eigenvalue weighted by Gasteiger charge is 2.62. The maximum absolute atomic E-state index is 13.4. The van der Waals surface area contributed by atoms with Gasteiger partial charge in [0.25, 0.3) is 0 Å². The van der Waals surface area contributed by atoms with Gasteiger partial charge in [-0.05, 0) is 68.2 Å². The molecule has 48 heavy (non-hydrogen) atoms. The molecule has 0 aromatic heterocycles. The van der Waals surface area contributed by atoms with Crippen LogP contribution in [0.15, 0.2) is 12.7 Å². The highest BCUT2D eigenvalue weighted by atomic mass is 16.6. The summed E-state index contributed by atoms with van der Waals surface area (Å²) in [4.78, 5) is 36.3. The minimum absolute atomic E-state index is 0.00689. The number of aliphatic hydroxyl groups excluding tert-OH is 3. The maximum Gasteiger partial charge on any atom is 0.330 e. The number of hydrogen-bond donors (Lipinski definition) is 5. The molecule has 0 aromatic rings. The van der Waals surface area contributed by atoms with Crippen LogP contribution in [0.4, 0.5) is 0 Å². The molecular weight excluding hydrogens is 636 g/mol. The van der Waals surface area contributed by atoms with Crippen LogP contribution in [0.3, 0.4) is 0 Å². The molecule has 0 saturated carbocycles. The molecule has 15 nitrogen and oxygen atoms in total. The van der Waals surface area contributed by atoms with E-state index in [1.165, 1.54) is 13.8 Å². The average molecular weight is 697 g/mol. The van der Waals surface area contributed by atoms with Gasteiger partial charge in [-0.2, -0.15) is 0 Å². The van der Waals surface area contributed by atoms with Gasteiger partial charge in [0.15, 0.2) is 0 Å². The first kappa shape index (κ1) is 45.8. The fourth-order valence-electron chi connectivity index (χ4n) is 5.16. The van der Waals surface area contributed by atoms with Crippen molar-refractivity contribution in [3.63, 3.8) is 0 Å². The summed E-state index contributed by atoms with van der Waals surface area (Å²) in [6.45, 7) is 15.4. The lowest BCUT2D eigenvalue weighted by atomic mass is 9.60. The van der Waals surface area contributed by atoms with Crippen molar-refractivity contribution in [3.05, 3.63) is 12.7 Å². The fraction of sp³-hybridized carbons (Fsp3) is 0.848. The lowest BCUT2D eigenvalue weighted by molar-refractivity contribution is -0.241. The van der Waals surface area contributed by atoms with Crippen molar-refractivity contribution >= 4 is 17.9 Å². The van der Waals surface area contributed by atoms with E-state index in [1.807, 2.05) is 0 Å². The van der Waals surface area contributed by atoms with Crippen molar-refractivity contribution in [1.29, 1.82) is 0 Å². The molecule has 0 bridgehead atoms. The van der Waals surface area contributed by atoms with Gasteiger partial charge in [-0.15, -0.1) is 0 Å². The van der Waals surface area contributed by atoms with Gasteiger partial charge >= 0.3 is 17.9 Å². The Labute approximate surface area is 284 Å². The minimum Gasteiger partial charge on any atom is -0.481 e. The van der Waals surface area contributed by atoms with Crippen LogP contribution in [0, 0.1) is 5.41 Å². The normalized spacial score (nSPS) is 17.4. The fourth-order valence-corrected chi connectivity index (χ4v) is 5.16. The van der Waals surface area contributed by atoms with E-state index in [9.17, 15) is 39.9 Å². The van der Waals surface area contributed by atoms with Crippen molar-refractivity contribution in [1.82, 2.24) is 0 Å². The quantitative estimate of drug-likeness (QED) is 0.0558. The maximum atomic E-state index is 13.4. The monoisotopic (exact) mass is 696 g/mol. The van der Waals surface area contributed by atoms with Crippen molar-refractivity contribution in [3.8, 4) is 0 Å². The first-order valence-electron chi connectivity index (χ1n) is 16.2. The number of carboxylic acids is 2. The van der Waals surface area contributed by atoms with E-state index in [0.717, 1.165) is 6.08 Å². The summed E-state index contributed by atoms with van der Waals surface area (Å²) < 4.78 is 40.4. The predicted molar refractivity (Wildman–Crippen MR) is 174 cm³/mol. The number of rotatable bonds is 29. The highest BCUT2D eigenvalue weighted by molar-refractivity contribution is 5.81. The molecule has 0 saturated heterocycles. The third-order valence-corrected chi connectivity index (χ3v) is 7.57. The zero-order valence-electron chi connectivity index (χ0n) is 29.8. The molecule has 282 valence electrons. The number of aliphatic carboxylic acids is 2. The van der Waals surface area contributed by atoms with E-state index in [0.29, 0.717) is 0 Å². The average Bonchev–Trinajstić information content (AvgIpc) is 2.96. The molecule has 0 spiro atoms. The predicted octanol–water partition coefficient (Wildman–Crippen LogP) is 1.97. The molecular formula is C33H60O15. The number of aliphatic hydroxyl groups is 3. The van der Waals surface area contributed by atoms with Gasteiger partial charge < -0.3 is 58.7 Å². The molecule has 0 rings (SSSR count). The second-order valence-electron chi connectivity index (χ2n) is 13.1. The third kappa shape index (κ3) is 16.9. The first-order chi connectivity index (χ1) is 22.2. The molecule has 0 aliphatic heterocycles. The number of esters is 1. The van der Waals surface area contributed by atoms with Gasteiger partial charge in [-0.1, -0.05) is 6.58 Å². The van der Waals surface area contributed by atoms with E-state index < -0.39 is 71.1 Å². The zero-order chi connectivity index (χ0) is 37.1. The SMILES string of the molecule is C=CC(=O)OC(C)COCC(COC(C)(C)C(CCCC(=O)O)(C(=O)O)C(C)(C)OCC(COCC(C)O)OCC(C)O)OCC(C)O. The van der Waals surface area contributed by atoms with Crippen molar-refractivity contribution in [2.24, 2.45) is 5.41 Å². The Balaban J connectivity index is 6.24. The van der Waals surface area contributed by atoms with Gasteiger partial charge in [-0.3, -0.25) is 9.59 Å². The molecule has 0 aromatic carbocycles. The zero-order valence-corrected chi connectivity index (χ0v) is 29.8. The Kier molecular flexibility index (Phi) is 21.5. The standard InChI is InChI=1S/C33H60O15/c1-10-29(39)48-25(5)17-43-19-27(45-16-24(4)36)21-47-32(8,9)33(30(40)41,13-11-12-28(37)38)31(6,7)46-20-26(44-15-23(3)35)18-42-14-22(2)34/h10,22-27,34-36H,1,11-21H2,2-9H3,(H,37,38)(H,40,41). The topological polar surface area (TPSA) is 217 Å². The molecule has 0 radical (unpaired) electrons. The second-order valence-corrected chi connectivity index (χ2v) is 13.1. The Morgan fingerprint density at radius 2 is 1.12 bits per heavy atom. The molecule has 0 fully saturated rings. The molecule has 0 aliphatic rings. The summed E-state index contributed by atoms with van der Waals surface area (Å²) in [6.07, 6.45) is -3.87. The number of carboxylic acid groups (broad SMARTS) is 2. The molecule has 5 N–H and O–H groups in total. The smallest absolute Gasteiger partial charge is 0.330 e. The molecule has 0 heterocycles.